The van der Waals surface area contributed by atoms with Crippen LogP contribution in [-0.2, 0) is 0 Å². The van der Waals surface area contributed by atoms with Crippen LogP contribution in [0.4, 0.5) is 0 Å². The Balaban J connectivity index is 1.99. The first-order valence-corrected chi connectivity index (χ1v) is 5.30. The lowest BCUT2D eigenvalue weighted by atomic mass is 10.3. The molecule has 84 valence electrons. The third-order valence-corrected chi connectivity index (χ3v) is 2.40. The van der Waals surface area contributed by atoms with E-state index >= 15 is 0 Å². The van der Waals surface area contributed by atoms with Gasteiger partial charge < -0.3 is 4.42 Å². The number of hydrogen-bond acceptors (Lipinski definition) is 4. The molecule has 0 saturated carbocycles. The molecule has 0 aliphatic heterocycles. The van der Waals surface area contributed by atoms with Gasteiger partial charge in [-0.05, 0) is 23.7 Å². The Bertz CT molecular complexity index is 632. The molecule has 0 spiro atoms. The van der Waals surface area contributed by atoms with Gasteiger partial charge in [0.25, 0.3) is 5.89 Å². The summed E-state index contributed by atoms with van der Waals surface area (Å²) in [7, 11) is 0. The number of benzene rings is 1. The molecule has 0 saturated heterocycles. The van der Waals surface area contributed by atoms with Crippen molar-refractivity contribution in [3.8, 4) is 17.1 Å². The minimum atomic E-state index is 0.0208. The maximum Gasteiger partial charge on any atom is 0.313 e. The van der Waals surface area contributed by atoms with Crippen LogP contribution in [0.3, 0.4) is 0 Å². The number of halogens is 1. The molecule has 1 aromatic carbocycles. The van der Waals surface area contributed by atoms with E-state index < -0.39 is 0 Å². The van der Waals surface area contributed by atoms with Gasteiger partial charge in [-0.15, -0.1) is 5.10 Å². The van der Waals surface area contributed by atoms with Gasteiger partial charge in [0.2, 0.25) is 0 Å². The van der Waals surface area contributed by atoms with Crippen molar-refractivity contribution < 1.29 is 4.42 Å². The van der Waals surface area contributed by atoms with Crippen molar-refractivity contribution in [2.24, 2.45) is 0 Å². The lowest BCUT2D eigenvalue weighted by molar-refractivity contribution is 0.571. The molecule has 2 aromatic heterocycles. The van der Waals surface area contributed by atoms with E-state index in [4.69, 9.17) is 16.0 Å². The number of aromatic nitrogens is 4. The van der Waals surface area contributed by atoms with Crippen LogP contribution in [0.2, 0.25) is 5.35 Å². The summed E-state index contributed by atoms with van der Waals surface area (Å²) in [6, 6.07) is 9.75. The van der Waals surface area contributed by atoms with Crippen molar-refractivity contribution in [1.82, 2.24) is 20.0 Å². The zero-order valence-corrected chi connectivity index (χ0v) is 9.37. The predicted molar refractivity (Wildman–Crippen MR) is 61.9 cm³/mol. The second kappa shape index (κ2) is 4.03. The molecule has 17 heavy (non-hydrogen) atoms. The number of hydrogen-bond donors (Lipinski definition) is 0. The molecule has 0 amide bonds. The largest absolute Gasteiger partial charge is 0.407 e. The highest BCUT2D eigenvalue weighted by Gasteiger charge is 2.09. The maximum absolute atomic E-state index is 5.57. The van der Waals surface area contributed by atoms with E-state index in [0.717, 1.165) is 11.3 Å². The summed E-state index contributed by atoms with van der Waals surface area (Å²) in [5.74, 6) is 0.359. The fourth-order valence-corrected chi connectivity index (χ4v) is 1.59. The quantitative estimate of drug-likeness (QED) is 0.697. The summed E-state index contributed by atoms with van der Waals surface area (Å²) in [5, 5.41) is 11.6. The average Bonchev–Trinajstić information content (AvgIpc) is 2.98. The SMILES string of the molecule is Clc1nnc(-c2cnn(-c3ccccc3)c2)o1. The van der Waals surface area contributed by atoms with Crippen molar-refractivity contribution in [1.29, 1.82) is 0 Å². The highest BCUT2D eigenvalue weighted by atomic mass is 35.5. The zero-order chi connectivity index (χ0) is 11.7. The van der Waals surface area contributed by atoms with Gasteiger partial charge in [-0.25, -0.2) is 4.68 Å². The first-order chi connectivity index (χ1) is 8.33. The number of rotatable bonds is 2. The fourth-order valence-electron chi connectivity index (χ4n) is 1.48. The minimum absolute atomic E-state index is 0.0208. The fraction of sp³-hybridized carbons (Fsp3) is 0. The Morgan fingerprint density at radius 3 is 2.65 bits per heavy atom. The normalized spacial score (nSPS) is 10.6. The summed E-state index contributed by atoms with van der Waals surface area (Å²) in [4.78, 5) is 0. The first-order valence-electron chi connectivity index (χ1n) is 4.92. The summed E-state index contributed by atoms with van der Waals surface area (Å²) in [6.07, 6.45) is 3.45. The van der Waals surface area contributed by atoms with E-state index in [0.29, 0.717) is 5.89 Å². The van der Waals surface area contributed by atoms with E-state index in [1.54, 1.807) is 17.1 Å². The van der Waals surface area contributed by atoms with Crippen molar-refractivity contribution >= 4 is 11.6 Å². The van der Waals surface area contributed by atoms with Crippen molar-refractivity contribution in [2.75, 3.05) is 0 Å². The Hall–Kier alpha value is -2.14. The van der Waals surface area contributed by atoms with E-state index in [9.17, 15) is 0 Å². The van der Waals surface area contributed by atoms with Gasteiger partial charge in [0, 0.05) is 6.20 Å². The first kappa shape index (κ1) is 10.0. The molecule has 0 unspecified atom stereocenters. The Morgan fingerprint density at radius 1 is 1.12 bits per heavy atom. The molecule has 0 aliphatic rings. The van der Waals surface area contributed by atoms with Gasteiger partial charge in [0.1, 0.15) is 0 Å². The van der Waals surface area contributed by atoms with E-state index in [1.165, 1.54) is 0 Å². The van der Waals surface area contributed by atoms with Crippen LogP contribution in [0.1, 0.15) is 0 Å². The molecule has 0 atom stereocenters. The summed E-state index contributed by atoms with van der Waals surface area (Å²) < 4.78 is 6.84. The molecular weight excluding hydrogens is 240 g/mol. The van der Waals surface area contributed by atoms with E-state index in [-0.39, 0.29) is 5.35 Å². The molecule has 0 radical (unpaired) electrons. The van der Waals surface area contributed by atoms with Gasteiger partial charge in [-0.1, -0.05) is 23.3 Å². The van der Waals surface area contributed by atoms with Crippen LogP contribution in [0, 0.1) is 0 Å². The van der Waals surface area contributed by atoms with Crippen LogP contribution in [0.5, 0.6) is 0 Å². The van der Waals surface area contributed by atoms with Crippen LogP contribution in [0.25, 0.3) is 17.1 Å². The molecule has 6 heteroatoms. The Morgan fingerprint density at radius 2 is 1.94 bits per heavy atom. The van der Waals surface area contributed by atoms with Crippen LogP contribution in [-0.4, -0.2) is 20.0 Å². The highest BCUT2D eigenvalue weighted by molar-refractivity contribution is 6.27. The molecular formula is C11H7ClN4O. The van der Waals surface area contributed by atoms with Crippen molar-refractivity contribution in [3.63, 3.8) is 0 Å². The van der Waals surface area contributed by atoms with Crippen molar-refractivity contribution in [2.45, 2.75) is 0 Å². The topological polar surface area (TPSA) is 56.7 Å². The van der Waals surface area contributed by atoms with Gasteiger partial charge in [-0.3, -0.25) is 0 Å². The van der Waals surface area contributed by atoms with E-state index in [2.05, 4.69) is 15.3 Å². The minimum Gasteiger partial charge on any atom is -0.407 e. The molecule has 3 aromatic rings. The van der Waals surface area contributed by atoms with Crippen molar-refractivity contribution in [3.05, 3.63) is 48.1 Å². The average molecular weight is 247 g/mol. The Kier molecular flexibility index (Phi) is 2.38. The van der Waals surface area contributed by atoms with Gasteiger partial charge >= 0.3 is 5.35 Å². The van der Waals surface area contributed by atoms with E-state index in [1.807, 2.05) is 30.3 Å². The zero-order valence-electron chi connectivity index (χ0n) is 8.62. The standard InChI is InChI=1S/C11H7ClN4O/c12-11-15-14-10(17-11)8-6-13-16(7-8)9-4-2-1-3-5-9/h1-7H. The molecule has 5 nitrogen and oxygen atoms in total. The summed E-state index contributed by atoms with van der Waals surface area (Å²) in [5.41, 5.74) is 1.69. The molecule has 2 heterocycles. The van der Waals surface area contributed by atoms with Gasteiger partial charge in [0.15, 0.2) is 0 Å². The van der Waals surface area contributed by atoms with Crippen LogP contribution < -0.4 is 0 Å². The highest BCUT2D eigenvalue weighted by Crippen LogP contribution is 2.20. The second-order valence-electron chi connectivity index (χ2n) is 3.37. The monoisotopic (exact) mass is 246 g/mol. The molecule has 0 N–H and O–H groups in total. The number of para-hydroxylation sites is 1. The Labute approximate surface area is 102 Å². The molecule has 0 bridgehead atoms. The second-order valence-corrected chi connectivity index (χ2v) is 3.69. The third-order valence-electron chi connectivity index (χ3n) is 2.25. The number of nitrogens with zero attached hydrogens (tertiary/aromatic N) is 4. The predicted octanol–water partition coefficient (Wildman–Crippen LogP) is 2.58. The van der Waals surface area contributed by atoms with Crippen LogP contribution >= 0.6 is 11.6 Å². The van der Waals surface area contributed by atoms with Crippen LogP contribution in [0.15, 0.2) is 47.1 Å². The molecule has 0 aliphatic carbocycles. The molecule has 3 rings (SSSR count). The molecule has 0 fully saturated rings. The summed E-state index contributed by atoms with van der Waals surface area (Å²) in [6.45, 7) is 0. The maximum atomic E-state index is 5.57. The lowest BCUT2D eigenvalue weighted by Crippen LogP contribution is -1.92. The third kappa shape index (κ3) is 1.92. The van der Waals surface area contributed by atoms with Gasteiger partial charge in [0.05, 0.1) is 17.4 Å². The smallest absolute Gasteiger partial charge is 0.313 e. The van der Waals surface area contributed by atoms with Gasteiger partial charge in [-0.2, -0.15) is 5.10 Å². The lowest BCUT2D eigenvalue weighted by Gasteiger charge is -1.98. The summed E-state index contributed by atoms with van der Waals surface area (Å²) >= 11 is 5.57.